The minimum atomic E-state index is -1.02. The van der Waals surface area contributed by atoms with Crippen LogP contribution < -0.4 is 10.5 Å². The lowest BCUT2D eigenvalue weighted by molar-refractivity contribution is -0.268. The normalized spacial score (nSPS) is 10.9. The Morgan fingerprint density at radius 2 is 1.64 bits per heavy atom. The summed E-state index contributed by atoms with van der Waals surface area (Å²) in [7, 11) is 0. The van der Waals surface area contributed by atoms with E-state index in [2.05, 4.69) is 10.5 Å². The number of carboxylic acid groups (broad SMARTS) is 1. The molecule has 1 amide bonds. The summed E-state index contributed by atoms with van der Waals surface area (Å²) >= 11 is 0. The highest BCUT2D eigenvalue weighted by Gasteiger charge is 2.07. The van der Waals surface area contributed by atoms with Gasteiger partial charge in [-0.2, -0.15) is 5.10 Å². The quantitative estimate of drug-likeness (QED) is 0.565. The largest absolute Gasteiger partial charge is 0.872 e. The fraction of sp³-hybridized carbons (Fsp3) is 0. The standard InChI is InChI=1S/C19H14N2O4/c22-17-10-15-4-2-1-3-14(15)9-16(17)18(23)21-20-11-12-5-7-13(8-6-12)19(24)25/h1-11,22H,(H,21,23)(H,24,25)/p-1/b20-11-. The molecule has 0 unspecified atom stereocenters. The molecule has 3 aromatic carbocycles. The van der Waals surface area contributed by atoms with Crippen LogP contribution in [0.2, 0.25) is 0 Å². The number of carbonyl (C=O) groups is 2. The van der Waals surface area contributed by atoms with Crippen LogP contribution in [0.1, 0.15) is 26.3 Å². The SMILES string of the molecule is O=C(O)c1ccc(/C=N\NC(=O)c2cc3ccccc3cc2[O-])cc1. The second kappa shape index (κ2) is 6.84. The van der Waals surface area contributed by atoms with E-state index < -0.39 is 11.9 Å². The van der Waals surface area contributed by atoms with Gasteiger partial charge in [-0.25, -0.2) is 10.2 Å². The van der Waals surface area contributed by atoms with Crippen LogP contribution in [0.15, 0.2) is 65.8 Å². The number of hydrazone groups is 1. The second-order valence-electron chi connectivity index (χ2n) is 5.32. The van der Waals surface area contributed by atoms with E-state index in [0.717, 1.165) is 10.8 Å². The molecule has 25 heavy (non-hydrogen) atoms. The van der Waals surface area contributed by atoms with E-state index in [1.54, 1.807) is 18.2 Å². The van der Waals surface area contributed by atoms with E-state index >= 15 is 0 Å². The number of nitrogens with zero attached hydrogens (tertiary/aromatic N) is 1. The molecule has 0 aliphatic carbocycles. The Hall–Kier alpha value is -3.67. The molecule has 0 radical (unpaired) electrons. The molecule has 0 heterocycles. The lowest BCUT2D eigenvalue weighted by Crippen LogP contribution is -2.19. The van der Waals surface area contributed by atoms with Crippen LogP contribution in [0.3, 0.4) is 0 Å². The minimum Gasteiger partial charge on any atom is -0.872 e. The third kappa shape index (κ3) is 3.64. The van der Waals surface area contributed by atoms with Gasteiger partial charge in [-0.15, -0.1) is 0 Å². The molecule has 0 aliphatic rings. The Bertz CT molecular complexity index is 978. The second-order valence-corrected chi connectivity index (χ2v) is 5.32. The molecule has 124 valence electrons. The molecule has 3 aromatic rings. The fourth-order valence-corrected chi connectivity index (χ4v) is 2.33. The summed E-state index contributed by atoms with van der Waals surface area (Å²) in [4.78, 5) is 22.9. The van der Waals surface area contributed by atoms with E-state index in [1.807, 2.05) is 18.2 Å². The molecule has 6 nitrogen and oxygen atoms in total. The first kappa shape index (κ1) is 16.2. The van der Waals surface area contributed by atoms with Gasteiger partial charge in [0.15, 0.2) is 0 Å². The van der Waals surface area contributed by atoms with Crippen LogP contribution in [-0.4, -0.2) is 23.2 Å². The highest BCUT2D eigenvalue weighted by Crippen LogP contribution is 2.22. The van der Waals surface area contributed by atoms with Crippen LogP contribution in [0.25, 0.3) is 10.8 Å². The van der Waals surface area contributed by atoms with Crippen molar-refractivity contribution in [1.82, 2.24) is 5.43 Å². The zero-order valence-electron chi connectivity index (χ0n) is 13.0. The summed E-state index contributed by atoms with van der Waals surface area (Å²) in [5.74, 6) is -2.00. The Balaban J connectivity index is 1.74. The number of fused-ring (bicyclic) bond motifs is 1. The highest BCUT2D eigenvalue weighted by molar-refractivity contribution is 6.01. The van der Waals surface area contributed by atoms with Crippen molar-refractivity contribution in [3.63, 3.8) is 0 Å². The molecule has 3 rings (SSSR count). The maximum atomic E-state index is 12.1. The molecule has 6 heteroatoms. The van der Waals surface area contributed by atoms with E-state index in [4.69, 9.17) is 5.11 Å². The van der Waals surface area contributed by atoms with Crippen molar-refractivity contribution < 1.29 is 19.8 Å². The molecule has 0 saturated heterocycles. The number of hydrogen-bond acceptors (Lipinski definition) is 4. The number of benzene rings is 3. The van der Waals surface area contributed by atoms with Gasteiger partial charge in [0.25, 0.3) is 5.91 Å². The summed E-state index contributed by atoms with van der Waals surface area (Å²) in [5.41, 5.74) is 3.09. The maximum absolute atomic E-state index is 12.1. The van der Waals surface area contributed by atoms with Gasteiger partial charge in [0.1, 0.15) is 0 Å². The Labute approximate surface area is 143 Å². The van der Waals surface area contributed by atoms with Gasteiger partial charge < -0.3 is 10.2 Å². The first-order chi connectivity index (χ1) is 12.0. The van der Waals surface area contributed by atoms with Crippen molar-refractivity contribution in [3.05, 3.63) is 77.4 Å². The monoisotopic (exact) mass is 333 g/mol. The number of aromatic carboxylic acids is 1. The average molecular weight is 333 g/mol. The molecular weight excluding hydrogens is 320 g/mol. The molecule has 0 fully saturated rings. The van der Waals surface area contributed by atoms with Gasteiger partial charge in [-0.05, 0) is 34.5 Å². The molecule has 0 saturated carbocycles. The van der Waals surface area contributed by atoms with Gasteiger partial charge in [0, 0.05) is 5.56 Å². The first-order valence-corrected chi connectivity index (χ1v) is 7.41. The number of hydrogen-bond donors (Lipinski definition) is 2. The molecule has 0 aromatic heterocycles. The first-order valence-electron chi connectivity index (χ1n) is 7.41. The number of carboxylic acids is 1. The molecule has 2 N–H and O–H groups in total. The topological polar surface area (TPSA) is 102 Å². The van der Waals surface area contributed by atoms with Gasteiger partial charge >= 0.3 is 5.97 Å². The summed E-state index contributed by atoms with van der Waals surface area (Å²) in [5, 5.41) is 26.2. The van der Waals surface area contributed by atoms with Crippen LogP contribution in [0.4, 0.5) is 0 Å². The molecule has 0 aliphatic heterocycles. The lowest BCUT2D eigenvalue weighted by atomic mass is 10.1. The zero-order chi connectivity index (χ0) is 17.8. The molecule has 0 bridgehead atoms. The zero-order valence-corrected chi connectivity index (χ0v) is 13.0. The van der Waals surface area contributed by atoms with Crippen molar-refractivity contribution in [2.24, 2.45) is 5.10 Å². The minimum absolute atomic E-state index is 0.0112. The predicted molar refractivity (Wildman–Crippen MR) is 91.9 cm³/mol. The third-order valence-corrected chi connectivity index (χ3v) is 3.63. The van der Waals surface area contributed by atoms with E-state index in [-0.39, 0.29) is 16.9 Å². The van der Waals surface area contributed by atoms with E-state index in [0.29, 0.717) is 5.56 Å². The van der Waals surface area contributed by atoms with Crippen LogP contribution in [0, 0.1) is 0 Å². The van der Waals surface area contributed by atoms with Crippen LogP contribution in [0.5, 0.6) is 5.75 Å². The maximum Gasteiger partial charge on any atom is 0.335 e. The lowest BCUT2D eigenvalue weighted by Gasteiger charge is -2.13. The van der Waals surface area contributed by atoms with E-state index in [1.165, 1.54) is 30.5 Å². The number of amides is 1. The van der Waals surface area contributed by atoms with Crippen LogP contribution in [-0.2, 0) is 0 Å². The van der Waals surface area contributed by atoms with Crippen molar-refractivity contribution in [1.29, 1.82) is 0 Å². The summed E-state index contributed by atoms with van der Waals surface area (Å²) in [6, 6.07) is 16.2. The molecular formula is C19H13N2O4-. The molecule has 0 spiro atoms. The van der Waals surface area contributed by atoms with Crippen molar-refractivity contribution in [3.8, 4) is 5.75 Å². The highest BCUT2D eigenvalue weighted by atomic mass is 16.4. The smallest absolute Gasteiger partial charge is 0.335 e. The average Bonchev–Trinajstić information content (AvgIpc) is 2.61. The Morgan fingerprint density at radius 3 is 2.28 bits per heavy atom. The Kier molecular flexibility index (Phi) is 4.43. The van der Waals surface area contributed by atoms with Crippen molar-refractivity contribution >= 4 is 28.9 Å². The van der Waals surface area contributed by atoms with Crippen molar-refractivity contribution in [2.45, 2.75) is 0 Å². The van der Waals surface area contributed by atoms with Crippen molar-refractivity contribution in [2.75, 3.05) is 0 Å². The van der Waals surface area contributed by atoms with E-state index in [9.17, 15) is 14.7 Å². The Morgan fingerprint density at radius 1 is 1.00 bits per heavy atom. The fourth-order valence-electron chi connectivity index (χ4n) is 2.33. The summed E-state index contributed by atoms with van der Waals surface area (Å²) in [6.07, 6.45) is 1.37. The van der Waals surface area contributed by atoms with Gasteiger partial charge in [-0.3, -0.25) is 4.79 Å². The molecule has 0 atom stereocenters. The van der Waals surface area contributed by atoms with Gasteiger partial charge in [0.2, 0.25) is 0 Å². The third-order valence-electron chi connectivity index (χ3n) is 3.63. The predicted octanol–water partition coefficient (Wildman–Crippen LogP) is 2.38. The number of rotatable bonds is 4. The van der Waals surface area contributed by atoms with Gasteiger partial charge in [-0.1, -0.05) is 48.2 Å². The number of carbonyl (C=O) groups excluding carboxylic acids is 1. The summed E-state index contributed by atoms with van der Waals surface area (Å²) in [6.45, 7) is 0. The summed E-state index contributed by atoms with van der Waals surface area (Å²) < 4.78 is 0. The van der Waals surface area contributed by atoms with Gasteiger partial charge in [0.05, 0.1) is 11.8 Å². The number of nitrogens with one attached hydrogen (secondary N) is 1. The van der Waals surface area contributed by atoms with Crippen LogP contribution >= 0.6 is 0 Å².